The van der Waals surface area contributed by atoms with Crippen LogP contribution >= 0.6 is 0 Å². The smallest absolute Gasteiger partial charge is 0.233 e. The van der Waals surface area contributed by atoms with Crippen molar-refractivity contribution in [2.45, 2.75) is 37.5 Å². The molecule has 5 nitrogen and oxygen atoms in total. The van der Waals surface area contributed by atoms with Gasteiger partial charge in [-0.2, -0.15) is 0 Å². The van der Waals surface area contributed by atoms with Crippen molar-refractivity contribution in [1.29, 1.82) is 0 Å². The summed E-state index contributed by atoms with van der Waals surface area (Å²) < 4.78 is 0. The SMILES string of the molecule is O=C(CCN1C(=O)[C@H]2CC=CC[C@H]2C1=O)NC[C@@H]1CC2c3ccccc3C1c1ccccc12. The van der Waals surface area contributed by atoms with Gasteiger partial charge in [-0.15, -0.1) is 0 Å². The zero-order valence-electron chi connectivity index (χ0n) is 18.6. The second kappa shape index (κ2) is 7.98. The molecular weight excluding hydrogens is 412 g/mol. The number of benzene rings is 2. The number of allylic oxidation sites excluding steroid dienone is 2. The number of nitrogens with zero attached hydrogens (tertiary/aromatic N) is 1. The van der Waals surface area contributed by atoms with E-state index in [9.17, 15) is 14.4 Å². The standard InChI is InChI=1S/C28H28N2O3/c31-25(13-14-30-27(32)22-11-5-6-12-23(22)28(30)33)29-16-17-15-24-18-7-1-3-9-20(18)26(17)21-10-4-2-8-19(21)24/h1-10,17,22-24,26H,11-16H2,(H,29,31)/t17-,22-,23+,24?,26?/m0/s1. The van der Waals surface area contributed by atoms with Crippen LogP contribution in [0, 0.1) is 17.8 Å². The molecule has 0 saturated carbocycles. The lowest BCUT2D eigenvalue weighted by atomic mass is 9.59. The highest BCUT2D eigenvalue weighted by atomic mass is 16.2. The number of rotatable bonds is 5. The fraction of sp³-hybridized carbons (Fsp3) is 0.393. The van der Waals surface area contributed by atoms with Gasteiger partial charge in [0.1, 0.15) is 0 Å². The van der Waals surface area contributed by atoms with Gasteiger partial charge in [0.25, 0.3) is 0 Å². The largest absolute Gasteiger partial charge is 0.356 e. The number of hydrogen-bond acceptors (Lipinski definition) is 3. The molecule has 1 N–H and O–H groups in total. The molecule has 1 heterocycles. The van der Waals surface area contributed by atoms with Crippen LogP contribution in [0.15, 0.2) is 60.7 Å². The lowest BCUT2D eigenvalue weighted by Gasteiger charge is -2.45. The number of hydrogen-bond donors (Lipinski definition) is 1. The van der Waals surface area contributed by atoms with Gasteiger partial charge in [0.15, 0.2) is 0 Å². The molecule has 168 valence electrons. The minimum atomic E-state index is -0.233. The molecule has 1 aliphatic heterocycles. The zero-order valence-corrected chi connectivity index (χ0v) is 18.6. The maximum atomic E-state index is 12.7. The third-order valence-corrected chi connectivity index (χ3v) is 8.15. The molecule has 2 aromatic rings. The van der Waals surface area contributed by atoms with Crippen LogP contribution in [-0.2, 0) is 14.4 Å². The molecule has 0 unspecified atom stereocenters. The van der Waals surface area contributed by atoms with Gasteiger partial charge in [0, 0.05) is 31.3 Å². The number of carbonyl (C=O) groups excluding carboxylic acids is 3. The molecule has 1 saturated heterocycles. The van der Waals surface area contributed by atoms with Crippen molar-refractivity contribution in [2.75, 3.05) is 13.1 Å². The first-order valence-electron chi connectivity index (χ1n) is 12.1. The fourth-order valence-corrected chi connectivity index (χ4v) is 6.60. The molecule has 5 heteroatoms. The van der Waals surface area contributed by atoms with E-state index in [4.69, 9.17) is 0 Å². The normalized spacial score (nSPS) is 29.0. The molecule has 1 fully saturated rings. The van der Waals surface area contributed by atoms with Crippen molar-refractivity contribution >= 4 is 17.7 Å². The molecule has 2 aromatic carbocycles. The molecule has 4 aliphatic carbocycles. The summed E-state index contributed by atoms with van der Waals surface area (Å²) in [5.74, 6) is 0.229. The van der Waals surface area contributed by atoms with E-state index in [1.165, 1.54) is 27.2 Å². The van der Waals surface area contributed by atoms with Crippen LogP contribution in [0.3, 0.4) is 0 Å². The minimum absolute atomic E-state index is 0.0911. The van der Waals surface area contributed by atoms with E-state index >= 15 is 0 Å². The van der Waals surface area contributed by atoms with E-state index in [-0.39, 0.29) is 42.5 Å². The third-order valence-electron chi connectivity index (χ3n) is 8.15. The first-order chi connectivity index (χ1) is 16.1. The van der Waals surface area contributed by atoms with Crippen molar-refractivity contribution in [2.24, 2.45) is 17.8 Å². The molecule has 3 atom stereocenters. The van der Waals surface area contributed by atoms with E-state index < -0.39 is 0 Å². The van der Waals surface area contributed by atoms with Crippen molar-refractivity contribution < 1.29 is 14.4 Å². The van der Waals surface area contributed by atoms with E-state index in [0.29, 0.717) is 37.1 Å². The Morgan fingerprint density at radius 3 is 1.97 bits per heavy atom. The van der Waals surface area contributed by atoms with Gasteiger partial charge >= 0.3 is 0 Å². The van der Waals surface area contributed by atoms with Crippen LogP contribution < -0.4 is 5.32 Å². The third kappa shape index (κ3) is 3.25. The summed E-state index contributed by atoms with van der Waals surface area (Å²) in [6.45, 7) is 0.790. The quantitative estimate of drug-likeness (QED) is 0.569. The summed E-state index contributed by atoms with van der Waals surface area (Å²) in [7, 11) is 0. The average molecular weight is 441 g/mol. The van der Waals surface area contributed by atoms with Crippen molar-refractivity contribution in [1.82, 2.24) is 10.2 Å². The Hall–Kier alpha value is -3.21. The predicted octanol–water partition coefficient (Wildman–Crippen LogP) is 3.74. The maximum Gasteiger partial charge on any atom is 0.233 e. The Kier molecular flexibility index (Phi) is 4.93. The highest BCUT2D eigenvalue weighted by Crippen LogP contribution is 2.55. The monoisotopic (exact) mass is 440 g/mol. The molecule has 33 heavy (non-hydrogen) atoms. The van der Waals surface area contributed by atoms with Gasteiger partial charge in [-0.3, -0.25) is 19.3 Å². The summed E-state index contributed by atoms with van der Waals surface area (Å²) in [6.07, 6.45) is 6.42. The van der Waals surface area contributed by atoms with Gasteiger partial charge in [0.2, 0.25) is 17.7 Å². The summed E-state index contributed by atoms with van der Waals surface area (Å²) in [6, 6.07) is 17.4. The first kappa shape index (κ1) is 20.4. The van der Waals surface area contributed by atoms with Crippen LogP contribution in [0.4, 0.5) is 0 Å². The van der Waals surface area contributed by atoms with Crippen LogP contribution in [-0.4, -0.2) is 35.7 Å². The molecule has 3 amide bonds. The van der Waals surface area contributed by atoms with E-state index in [0.717, 1.165) is 6.42 Å². The Morgan fingerprint density at radius 1 is 0.848 bits per heavy atom. The Morgan fingerprint density at radius 2 is 1.39 bits per heavy atom. The van der Waals surface area contributed by atoms with Crippen molar-refractivity contribution in [3.05, 3.63) is 82.9 Å². The number of imide groups is 1. The molecule has 7 rings (SSSR count). The van der Waals surface area contributed by atoms with Gasteiger partial charge in [-0.05, 0) is 47.4 Å². The Labute approximate surface area is 193 Å². The second-order valence-electron chi connectivity index (χ2n) is 9.82. The fourth-order valence-electron chi connectivity index (χ4n) is 6.60. The number of amides is 3. The highest BCUT2D eigenvalue weighted by Gasteiger charge is 2.47. The van der Waals surface area contributed by atoms with E-state index in [1.54, 1.807) is 0 Å². The second-order valence-corrected chi connectivity index (χ2v) is 9.82. The Balaban J connectivity index is 1.11. The first-order valence-corrected chi connectivity index (χ1v) is 12.1. The van der Waals surface area contributed by atoms with E-state index in [1.807, 2.05) is 12.2 Å². The molecule has 2 bridgehead atoms. The number of carbonyl (C=O) groups is 3. The lowest BCUT2D eigenvalue weighted by Crippen LogP contribution is -2.40. The minimum Gasteiger partial charge on any atom is -0.356 e. The lowest BCUT2D eigenvalue weighted by molar-refractivity contribution is -0.140. The summed E-state index contributed by atoms with van der Waals surface area (Å²) in [4.78, 5) is 39.3. The van der Waals surface area contributed by atoms with Crippen LogP contribution in [0.25, 0.3) is 0 Å². The van der Waals surface area contributed by atoms with Crippen LogP contribution in [0.2, 0.25) is 0 Å². The Bertz CT molecular complexity index is 1100. The number of nitrogens with one attached hydrogen (secondary N) is 1. The molecule has 5 aliphatic rings. The topological polar surface area (TPSA) is 66.5 Å². The zero-order chi connectivity index (χ0) is 22.5. The maximum absolute atomic E-state index is 12.7. The van der Waals surface area contributed by atoms with Gasteiger partial charge in [-0.1, -0.05) is 60.7 Å². The number of likely N-dealkylation sites (tertiary alicyclic amines) is 1. The van der Waals surface area contributed by atoms with Crippen LogP contribution in [0.1, 0.15) is 59.8 Å². The molecular formula is C28H28N2O3. The van der Waals surface area contributed by atoms with Crippen molar-refractivity contribution in [3.63, 3.8) is 0 Å². The number of fused-ring (bicyclic) bond motifs is 2. The van der Waals surface area contributed by atoms with Gasteiger partial charge < -0.3 is 5.32 Å². The van der Waals surface area contributed by atoms with Gasteiger partial charge in [-0.25, -0.2) is 0 Å². The molecule has 0 radical (unpaired) electrons. The predicted molar refractivity (Wildman–Crippen MR) is 124 cm³/mol. The average Bonchev–Trinajstić information content (AvgIpc) is 3.11. The molecule has 0 aromatic heterocycles. The highest BCUT2D eigenvalue weighted by molar-refractivity contribution is 6.05. The molecule has 0 spiro atoms. The van der Waals surface area contributed by atoms with E-state index in [2.05, 4.69) is 53.8 Å². The van der Waals surface area contributed by atoms with Crippen molar-refractivity contribution in [3.8, 4) is 0 Å². The summed E-state index contributed by atoms with van der Waals surface area (Å²) in [5.41, 5.74) is 5.61. The van der Waals surface area contributed by atoms with Crippen LogP contribution in [0.5, 0.6) is 0 Å². The summed E-state index contributed by atoms with van der Waals surface area (Å²) >= 11 is 0. The van der Waals surface area contributed by atoms with Gasteiger partial charge in [0.05, 0.1) is 11.8 Å². The summed E-state index contributed by atoms with van der Waals surface area (Å²) in [5, 5.41) is 3.11.